The van der Waals surface area contributed by atoms with Gasteiger partial charge < -0.3 is 9.80 Å². The van der Waals surface area contributed by atoms with Gasteiger partial charge in [0.25, 0.3) is 5.92 Å². The minimum absolute atomic E-state index is 0.129. The van der Waals surface area contributed by atoms with Crippen LogP contribution in [0.1, 0.15) is 51.9 Å². The van der Waals surface area contributed by atoms with Crippen LogP contribution >= 0.6 is 0 Å². The van der Waals surface area contributed by atoms with Gasteiger partial charge in [-0.05, 0) is 36.2 Å². The maximum atomic E-state index is 13.6. The van der Waals surface area contributed by atoms with Crippen LogP contribution in [0.2, 0.25) is 0 Å². The van der Waals surface area contributed by atoms with Crippen molar-refractivity contribution >= 4 is 23.8 Å². The zero-order chi connectivity index (χ0) is 24.3. The number of likely N-dealkylation sites (tertiary alicyclic amines) is 1. The standard InChI is InChI=1S/C26H26F2N4O2/c1-31-11-9-19-12-18(3-5-21(19)16-31)2-4-20-15-30-10-8-23(20)24(33)6-7-25(34)32-17-26(27,28)13-22(32)14-29/h2-5,8,10,12,15,22H,6-7,9,11,13,16-17H2,1H3/b4-2+/t22-/m0/s1. The quantitative estimate of drug-likeness (QED) is 0.605. The second-order valence-corrected chi connectivity index (χ2v) is 8.96. The summed E-state index contributed by atoms with van der Waals surface area (Å²) in [4.78, 5) is 32.6. The molecular weight excluding hydrogens is 438 g/mol. The number of hydrogen-bond donors (Lipinski definition) is 0. The number of carbonyl (C=O) groups is 2. The highest BCUT2D eigenvalue weighted by Crippen LogP contribution is 2.32. The zero-order valence-corrected chi connectivity index (χ0v) is 19.0. The fourth-order valence-electron chi connectivity index (χ4n) is 4.49. The van der Waals surface area contributed by atoms with E-state index in [1.54, 1.807) is 18.3 Å². The highest BCUT2D eigenvalue weighted by molar-refractivity contribution is 6.01. The summed E-state index contributed by atoms with van der Waals surface area (Å²) in [5.41, 5.74) is 4.71. The Balaban J connectivity index is 1.43. The fourth-order valence-corrected chi connectivity index (χ4v) is 4.49. The average molecular weight is 465 g/mol. The number of Topliss-reactive ketones (excluding diaryl/α,β-unsaturated/α-hetero) is 1. The molecule has 1 atom stereocenters. The van der Waals surface area contributed by atoms with Gasteiger partial charge in [-0.3, -0.25) is 14.6 Å². The van der Waals surface area contributed by atoms with Crippen LogP contribution in [0.5, 0.6) is 0 Å². The number of ketones is 1. The Kier molecular flexibility index (Phi) is 6.85. The molecule has 1 amide bonds. The van der Waals surface area contributed by atoms with E-state index in [-0.39, 0.29) is 18.6 Å². The monoisotopic (exact) mass is 464 g/mol. The largest absolute Gasteiger partial charge is 0.320 e. The highest BCUT2D eigenvalue weighted by Gasteiger charge is 2.47. The molecule has 6 nitrogen and oxygen atoms in total. The molecule has 34 heavy (non-hydrogen) atoms. The van der Waals surface area contributed by atoms with Crippen LogP contribution in [0.4, 0.5) is 8.78 Å². The molecular formula is C26H26F2N4O2. The van der Waals surface area contributed by atoms with E-state index in [1.165, 1.54) is 17.3 Å². The minimum atomic E-state index is -3.07. The van der Waals surface area contributed by atoms with Crippen LogP contribution in [-0.4, -0.2) is 58.6 Å². The number of benzene rings is 1. The zero-order valence-electron chi connectivity index (χ0n) is 19.0. The number of aromatic nitrogens is 1. The molecule has 0 unspecified atom stereocenters. The van der Waals surface area contributed by atoms with E-state index in [9.17, 15) is 18.4 Å². The Morgan fingerprint density at radius 3 is 2.85 bits per heavy atom. The van der Waals surface area contributed by atoms with Gasteiger partial charge >= 0.3 is 0 Å². The van der Waals surface area contributed by atoms with Crippen molar-refractivity contribution in [2.45, 2.75) is 44.2 Å². The van der Waals surface area contributed by atoms with Crippen LogP contribution < -0.4 is 0 Å². The number of halogens is 2. The van der Waals surface area contributed by atoms with Crippen LogP contribution in [0, 0.1) is 11.3 Å². The number of nitriles is 1. The summed E-state index contributed by atoms with van der Waals surface area (Å²) in [5, 5.41) is 9.08. The summed E-state index contributed by atoms with van der Waals surface area (Å²) in [6.45, 7) is 1.17. The molecule has 4 rings (SSSR count). The lowest BCUT2D eigenvalue weighted by atomic mass is 9.96. The first-order valence-electron chi connectivity index (χ1n) is 11.3. The van der Waals surface area contributed by atoms with Crippen molar-refractivity contribution < 1.29 is 18.4 Å². The third kappa shape index (κ3) is 5.37. The first kappa shape index (κ1) is 23.7. The SMILES string of the molecule is CN1CCc2cc(/C=C/c3cnccc3C(=O)CCC(=O)N3CC(F)(F)C[C@H]3C#N)ccc2C1. The van der Waals surface area contributed by atoms with Crippen molar-refractivity contribution in [3.05, 3.63) is 64.5 Å². The number of likely N-dealkylation sites (N-methyl/N-ethyl adjacent to an activating group) is 1. The molecule has 1 fully saturated rings. The van der Waals surface area contributed by atoms with Crippen molar-refractivity contribution in [1.29, 1.82) is 5.26 Å². The molecule has 0 saturated carbocycles. The van der Waals surface area contributed by atoms with Gasteiger partial charge in [0, 0.05) is 55.9 Å². The summed E-state index contributed by atoms with van der Waals surface area (Å²) in [6, 6.07) is 8.52. The predicted molar refractivity (Wildman–Crippen MR) is 124 cm³/mol. The topological polar surface area (TPSA) is 77.3 Å². The van der Waals surface area contributed by atoms with Crippen molar-refractivity contribution in [2.75, 3.05) is 20.1 Å². The van der Waals surface area contributed by atoms with Gasteiger partial charge in [-0.15, -0.1) is 0 Å². The van der Waals surface area contributed by atoms with E-state index in [4.69, 9.17) is 5.26 Å². The number of fused-ring (bicyclic) bond motifs is 1. The maximum Gasteiger partial charge on any atom is 0.268 e. The number of amides is 1. The Morgan fingerprint density at radius 1 is 1.24 bits per heavy atom. The van der Waals surface area contributed by atoms with Crippen molar-refractivity contribution in [1.82, 2.24) is 14.8 Å². The highest BCUT2D eigenvalue weighted by atomic mass is 19.3. The van der Waals surface area contributed by atoms with Gasteiger partial charge in [-0.1, -0.05) is 30.4 Å². The van der Waals surface area contributed by atoms with Crippen LogP contribution in [0.15, 0.2) is 36.7 Å². The maximum absolute atomic E-state index is 13.6. The molecule has 8 heteroatoms. The second-order valence-electron chi connectivity index (χ2n) is 8.96. The average Bonchev–Trinajstić information content (AvgIpc) is 3.15. The normalized spacial score (nSPS) is 19.7. The van der Waals surface area contributed by atoms with E-state index in [2.05, 4.69) is 29.1 Å². The molecule has 1 aromatic carbocycles. The molecule has 0 radical (unpaired) electrons. The van der Waals surface area contributed by atoms with Crippen molar-refractivity contribution in [3.8, 4) is 6.07 Å². The van der Waals surface area contributed by atoms with E-state index in [0.29, 0.717) is 11.1 Å². The van der Waals surface area contributed by atoms with Crippen molar-refractivity contribution in [3.63, 3.8) is 0 Å². The molecule has 2 aliphatic heterocycles. The smallest absolute Gasteiger partial charge is 0.268 e. The Hall–Kier alpha value is -3.44. The molecule has 0 spiro atoms. The molecule has 3 heterocycles. The van der Waals surface area contributed by atoms with E-state index in [0.717, 1.165) is 30.0 Å². The molecule has 0 aliphatic carbocycles. The molecule has 2 aromatic rings. The molecule has 176 valence electrons. The third-order valence-electron chi connectivity index (χ3n) is 6.35. The number of alkyl halides is 2. The second kappa shape index (κ2) is 9.82. The fraction of sp³-hybridized carbons (Fsp3) is 0.385. The van der Waals surface area contributed by atoms with Gasteiger partial charge in [-0.2, -0.15) is 5.26 Å². The Bertz CT molecular complexity index is 1170. The first-order chi connectivity index (χ1) is 16.3. The van der Waals surface area contributed by atoms with Gasteiger partial charge in [0.1, 0.15) is 6.04 Å². The molecule has 1 aromatic heterocycles. The summed E-state index contributed by atoms with van der Waals surface area (Å²) in [6.07, 6.45) is 6.83. The number of rotatable bonds is 6. The Labute approximate surface area is 197 Å². The number of nitrogens with zero attached hydrogens (tertiary/aromatic N) is 4. The minimum Gasteiger partial charge on any atom is -0.320 e. The van der Waals surface area contributed by atoms with E-state index >= 15 is 0 Å². The van der Waals surface area contributed by atoms with Crippen LogP contribution in [0.3, 0.4) is 0 Å². The van der Waals surface area contributed by atoms with E-state index < -0.39 is 30.8 Å². The first-order valence-corrected chi connectivity index (χ1v) is 11.3. The molecule has 0 N–H and O–H groups in total. The lowest BCUT2D eigenvalue weighted by Gasteiger charge is -2.25. The van der Waals surface area contributed by atoms with E-state index in [1.807, 2.05) is 18.2 Å². The lowest BCUT2D eigenvalue weighted by molar-refractivity contribution is -0.132. The van der Waals surface area contributed by atoms with Gasteiger partial charge in [0.15, 0.2) is 5.78 Å². The number of hydrogen-bond acceptors (Lipinski definition) is 5. The lowest BCUT2D eigenvalue weighted by Crippen LogP contribution is -2.36. The third-order valence-corrected chi connectivity index (χ3v) is 6.35. The molecule has 2 aliphatic rings. The summed E-state index contributed by atoms with van der Waals surface area (Å²) in [7, 11) is 2.10. The Morgan fingerprint density at radius 2 is 2.06 bits per heavy atom. The van der Waals surface area contributed by atoms with Gasteiger partial charge in [-0.25, -0.2) is 8.78 Å². The van der Waals surface area contributed by atoms with Gasteiger partial charge in [0.2, 0.25) is 5.91 Å². The molecule has 1 saturated heterocycles. The number of carbonyl (C=O) groups excluding carboxylic acids is 2. The van der Waals surface area contributed by atoms with Gasteiger partial charge in [0.05, 0.1) is 12.6 Å². The predicted octanol–water partition coefficient (Wildman–Crippen LogP) is 3.96. The van der Waals surface area contributed by atoms with Crippen LogP contribution in [-0.2, 0) is 17.8 Å². The number of pyridine rings is 1. The summed E-state index contributed by atoms with van der Waals surface area (Å²) >= 11 is 0. The van der Waals surface area contributed by atoms with Crippen molar-refractivity contribution in [2.24, 2.45) is 0 Å². The summed E-state index contributed by atoms with van der Waals surface area (Å²) < 4.78 is 27.2. The van der Waals surface area contributed by atoms with Crippen LogP contribution in [0.25, 0.3) is 12.2 Å². The molecule has 0 bridgehead atoms. The summed E-state index contributed by atoms with van der Waals surface area (Å²) in [5.74, 6) is -3.96.